The molecular weight excluding hydrogens is 273 g/mol. The van der Waals surface area contributed by atoms with Crippen molar-refractivity contribution in [3.63, 3.8) is 0 Å². The number of rotatable bonds is 6. The molecular formula is C13H15Cl2NO2. The van der Waals surface area contributed by atoms with E-state index < -0.39 is 6.10 Å². The fraction of sp³-hybridized carbons (Fsp3) is 0.308. The van der Waals surface area contributed by atoms with Crippen LogP contribution in [0, 0.1) is 0 Å². The summed E-state index contributed by atoms with van der Waals surface area (Å²) in [6.45, 7) is 5.78. The SMILES string of the molecule is C=CCCNC(=O)C(C)Oc1ccc(Cl)cc1Cl. The summed E-state index contributed by atoms with van der Waals surface area (Å²) < 4.78 is 5.46. The first-order chi connectivity index (χ1) is 8.54. The van der Waals surface area contributed by atoms with E-state index in [2.05, 4.69) is 11.9 Å². The van der Waals surface area contributed by atoms with Gasteiger partial charge in [-0.2, -0.15) is 0 Å². The first-order valence-corrected chi connectivity index (χ1v) is 6.30. The van der Waals surface area contributed by atoms with Gasteiger partial charge in [0.25, 0.3) is 5.91 Å². The third kappa shape index (κ3) is 4.59. The van der Waals surface area contributed by atoms with Gasteiger partial charge in [0.2, 0.25) is 0 Å². The molecule has 0 radical (unpaired) electrons. The fourth-order valence-corrected chi connectivity index (χ4v) is 1.71. The van der Waals surface area contributed by atoms with Gasteiger partial charge >= 0.3 is 0 Å². The Morgan fingerprint density at radius 2 is 2.28 bits per heavy atom. The smallest absolute Gasteiger partial charge is 0.260 e. The molecule has 0 saturated heterocycles. The Morgan fingerprint density at radius 1 is 1.56 bits per heavy atom. The lowest BCUT2D eigenvalue weighted by Crippen LogP contribution is -2.36. The number of carbonyl (C=O) groups is 1. The van der Waals surface area contributed by atoms with Gasteiger partial charge in [0, 0.05) is 11.6 Å². The summed E-state index contributed by atoms with van der Waals surface area (Å²) in [5.74, 6) is 0.246. The highest BCUT2D eigenvalue weighted by atomic mass is 35.5. The van der Waals surface area contributed by atoms with Crippen molar-refractivity contribution in [3.8, 4) is 5.75 Å². The van der Waals surface area contributed by atoms with Gasteiger partial charge in [-0.15, -0.1) is 6.58 Å². The molecule has 1 atom stereocenters. The number of hydrogen-bond acceptors (Lipinski definition) is 2. The van der Waals surface area contributed by atoms with Crippen LogP contribution in [0.1, 0.15) is 13.3 Å². The van der Waals surface area contributed by atoms with Gasteiger partial charge in [0.1, 0.15) is 5.75 Å². The van der Waals surface area contributed by atoms with Crippen LogP contribution in [0.25, 0.3) is 0 Å². The molecule has 98 valence electrons. The first kappa shape index (κ1) is 14.9. The van der Waals surface area contributed by atoms with Crippen LogP contribution in [-0.2, 0) is 4.79 Å². The van der Waals surface area contributed by atoms with Gasteiger partial charge in [-0.1, -0.05) is 29.3 Å². The molecule has 0 spiro atoms. The van der Waals surface area contributed by atoms with Crippen molar-refractivity contribution in [2.45, 2.75) is 19.4 Å². The minimum atomic E-state index is -0.617. The molecule has 0 fully saturated rings. The minimum Gasteiger partial charge on any atom is -0.479 e. The lowest BCUT2D eigenvalue weighted by molar-refractivity contribution is -0.127. The minimum absolute atomic E-state index is 0.192. The molecule has 18 heavy (non-hydrogen) atoms. The lowest BCUT2D eigenvalue weighted by atomic mass is 10.3. The highest BCUT2D eigenvalue weighted by Crippen LogP contribution is 2.28. The Bertz CT molecular complexity index is 435. The van der Waals surface area contributed by atoms with Crippen molar-refractivity contribution in [1.29, 1.82) is 0 Å². The summed E-state index contributed by atoms with van der Waals surface area (Å²) >= 11 is 11.7. The highest BCUT2D eigenvalue weighted by Gasteiger charge is 2.15. The molecule has 1 aromatic rings. The Labute approximate surface area is 117 Å². The van der Waals surface area contributed by atoms with E-state index in [0.29, 0.717) is 22.3 Å². The van der Waals surface area contributed by atoms with Crippen LogP contribution in [0.3, 0.4) is 0 Å². The Hall–Kier alpha value is -1.19. The van der Waals surface area contributed by atoms with Crippen molar-refractivity contribution < 1.29 is 9.53 Å². The van der Waals surface area contributed by atoms with E-state index in [1.165, 1.54) is 0 Å². The third-order valence-corrected chi connectivity index (χ3v) is 2.75. The predicted octanol–water partition coefficient (Wildman–Crippen LogP) is 3.45. The summed E-state index contributed by atoms with van der Waals surface area (Å²) in [4.78, 5) is 11.7. The molecule has 1 N–H and O–H groups in total. The van der Waals surface area contributed by atoms with Gasteiger partial charge < -0.3 is 10.1 Å². The Morgan fingerprint density at radius 3 is 2.89 bits per heavy atom. The van der Waals surface area contributed by atoms with Gasteiger partial charge in [-0.05, 0) is 31.5 Å². The number of halogens is 2. The maximum atomic E-state index is 11.7. The van der Waals surface area contributed by atoms with E-state index in [-0.39, 0.29) is 5.91 Å². The molecule has 0 bridgehead atoms. The van der Waals surface area contributed by atoms with Crippen LogP contribution in [0.5, 0.6) is 5.75 Å². The van der Waals surface area contributed by atoms with Crippen molar-refractivity contribution in [2.75, 3.05) is 6.54 Å². The molecule has 0 aliphatic rings. The van der Waals surface area contributed by atoms with Crippen molar-refractivity contribution in [2.24, 2.45) is 0 Å². The van der Waals surface area contributed by atoms with Crippen LogP contribution in [0.4, 0.5) is 0 Å². The van der Waals surface area contributed by atoms with E-state index in [1.54, 1.807) is 31.2 Å². The van der Waals surface area contributed by atoms with Crippen LogP contribution in [-0.4, -0.2) is 18.6 Å². The van der Waals surface area contributed by atoms with Gasteiger partial charge in [-0.3, -0.25) is 4.79 Å². The second-order valence-corrected chi connectivity index (χ2v) is 4.55. The summed E-state index contributed by atoms with van der Waals surface area (Å²) in [6.07, 6.45) is 1.84. The maximum absolute atomic E-state index is 11.7. The fourth-order valence-electron chi connectivity index (χ4n) is 1.26. The number of hydrogen-bond donors (Lipinski definition) is 1. The van der Waals surface area contributed by atoms with Crippen LogP contribution >= 0.6 is 23.2 Å². The molecule has 0 aliphatic carbocycles. The topological polar surface area (TPSA) is 38.3 Å². The van der Waals surface area contributed by atoms with Crippen molar-refractivity contribution in [3.05, 3.63) is 40.9 Å². The molecule has 1 rings (SSSR count). The van der Waals surface area contributed by atoms with Gasteiger partial charge in [0.15, 0.2) is 6.10 Å². The average Bonchev–Trinajstić information content (AvgIpc) is 2.32. The van der Waals surface area contributed by atoms with E-state index in [4.69, 9.17) is 27.9 Å². The van der Waals surface area contributed by atoms with E-state index >= 15 is 0 Å². The zero-order valence-electron chi connectivity index (χ0n) is 10.1. The summed E-state index contributed by atoms with van der Waals surface area (Å²) in [5, 5.41) is 3.64. The van der Waals surface area contributed by atoms with Crippen LogP contribution in [0.2, 0.25) is 10.0 Å². The Balaban J connectivity index is 2.55. The average molecular weight is 288 g/mol. The molecule has 1 unspecified atom stereocenters. The number of benzene rings is 1. The number of carbonyl (C=O) groups excluding carboxylic acids is 1. The number of ether oxygens (including phenoxy) is 1. The zero-order chi connectivity index (χ0) is 13.5. The van der Waals surface area contributed by atoms with Crippen molar-refractivity contribution in [1.82, 2.24) is 5.32 Å². The molecule has 0 heterocycles. The molecule has 1 aromatic carbocycles. The predicted molar refractivity (Wildman–Crippen MR) is 74.4 cm³/mol. The molecule has 1 amide bonds. The largest absolute Gasteiger partial charge is 0.479 e. The summed E-state index contributed by atoms with van der Waals surface area (Å²) in [7, 11) is 0. The number of nitrogens with one attached hydrogen (secondary N) is 1. The van der Waals surface area contributed by atoms with Crippen molar-refractivity contribution >= 4 is 29.1 Å². The third-order valence-electron chi connectivity index (χ3n) is 2.21. The molecule has 0 aromatic heterocycles. The number of amides is 1. The van der Waals surface area contributed by atoms with E-state index in [9.17, 15) is 4.79 Å². The summed E-state index contributed by atoms with van der Waals surface area (Å²) in [5.41, 5.74) is 0. The standard InChI is InChI=1S/C13H15Cl2NO2/c1-3-4-7-16-13(17)9(2)18-12-6-5-10(14)8-11(12)15/h3,5-6,8-9H,1,4,7H2,2H3,(H,16,17). The lowest BCUT2D eigenvalue weighted by Gasteiger charge is -2.15. The quantitative estimate of drug-likeness (QED) is 0.643. The normalized spacial score (nSPS) is 11.7. The molecule has 0 saturated carbocycles. The zero-order valence-corrected chi connectivity index (χ0v) is 11.6. The summed E-state index contributed by atoms with van der Waals surface area (Å²) in [6, 6.07) is 4.87. The monoisotopic (exact) mass is 287 g/mol. The molecule has 0 aliphatic heterocycles. The van der Waals surface area contributed by atoms with E-state index in [0.717, 1.165) is 6.42 Å². The first-order valence-electron chi connectivity index (χ1n) is 5.55. The van der Waals surface area contributed by atoms with Crippen LogP contribution in [0.15, 0.2) is 30.9 Å². The molecule has 5 heteroatoms. The molecule has 3 nitrogen and oxygen atoms in total. The Kier molecular flexibility index (Phi) is 6.02. The maximum Gasteiger partial charge on any atom is 0.260 e. The van der Waals surface area contributed by atoms with Crippen LogP contribution < -0.4 is 10.1 Å². The second kappa shape index (κ2) is 7.29. The second-order valence-electron chi connectivity index (χ2n) is 3.70. The van der Waals surface area contributed by atoms with Gasteiger partial charge in [-0.25, -0.2) is 0 Å². The highest BCUT2D eigenvalue weighted by molar-refractivity contribution is 6.35. The van der Waals surface area contributed by atoms with Gasteiger partial charge in [0.05, 0.1) is 5.02 Å². The van der Waals surface area contributed by atoms with E-state index in [1.807, 2.05) is 0 Å².